The highest BCUT2D eigenvalue weighted by Gasteiger charge is 2.14. The molecule has 0 aliphatic heterocycles. The van der Waals surface area contributed by atoms with E-state index in [1.165, 1.54) is 19.2 Å². The second kappa shape index (κ2) is 6.22. The van der Waals surface area contributed by atoms with Gasteiger partial charge in [0.2, 0.25) is 0 Å². The molecule has 0 saturated heterocycles. The van der Waals surface area contributed by atoms with Crippen LogP contribution < -0.4 is 0 Å². The molecule has 0 saturated carbocycles. The first-order chi connectivity index (χ1) is 9.02. The molecule has 2 rings (SSSR count). The Bertz CT molecular complexity index is 612. The van der Waals surface area contributed by atoms with Gasteiger partial charge in [0.25, 0.3) is 0 Å². The first kappa shape index (κ1) is 15.0. The smallest absolute Gasteiger partial charge is 0.340 e. The van der Waals surface area contributed by atoms with Crippen LogP contribution in [0.3, 0.4) is 0 Å². The Kier molecular flexibility index (Phi) is 4.92. The van der Waals surface area contributed by atoms with E-state index in [2.05, 4.69) is 14.7 Å². The summed E-state index contributed by atoms with van der Waals surface area (Å²) in [6.07, 6.45) is 0. The molecule has 5 heteroatoms. The highest BCUT2D eigenvalue weighted by atomic mass is 19.1. The number of carbonyl (C=O) groups is 1. The van der Waals surface area contributed by atoms with Crippen molar-refractivity contribution in [3.05, 3.63) is 34.9 Å². The largest absolute Gasteiger partial charge is 0.465 e. The van der Waals surface area contributed by atoms with Crippen LogP contribution in [0.25, 0.3) is 11.0 Å². The summed E-state index contributed by atoms with van der Waals surface area (Å²) in [5.74, 6) is -1.37. The number of rotatable bonds is 1. The quantitative estimate of drug-likeness (QED) is 0.742. The van der Waals surface area contributed by atoms with Gasteiger partial charge in [0.05, 0.1) is 35.1 Å². The van der Waals surface area contributed by atoms with E-state index in [0.29, 0.717) is 11.0 Å². The number of esters is 1. The molecule has 1 aromatic heterocycles. The van der Waals surface area contributed by atoms with Gasteiger partial charge in [0, 0.05) is 6.07 Å². The molecule has 102 valence electrons. The van der Waals surface area contributed by atoms with Crippen LogP contribution >= 0.6 is 0 Å². The summed E-state index contributed by atoms with van der Waals surface area (Å²) >= 11 is 0. The molecular formula is C14H17FN2O2. The fraction of sp³-hybridized carbons (Fsp3) is 0.357. The molecule has 0 spiro atoms. The average molecular weight is 264 g/mol. The zero-order valence-corrected chi connectivity index (χ0v) is 11.7. The molecule has 0 bridgehead atoms. The van der Waals surface area contributed by atoms with Gasteiger partial charge in [-0.25, -0.2) is 19.2 Å². The third kappa shape index (κ3) is 3.05. The van der Waals surface area contributed by atoms with E-state index in [4.69, 9.17) is 0 Å². The van der Waals surface area contributed by atoms with Crippen LogP contribution in [0.5, 0.6) is 0 Å². The summed E-state index contributed by atoms with van der Waals surface area (Å²) in [5, 5.41) is 0. The van der Waals surface area contributed by atoms with E-state index >= 15 is 0 Å². The maximum absolute atomic E-state index is 13.6. The molecule has 1 heterocycles. The van der Waals surface area contributed by atoms with Crippen LogP contribution in [0.2, 0.25) is 0 Å². The highest BCUT2D eigenvalue weighted by molar-refractivity contribution is 5.93. The number of carbonyl (C=O) groups excluding carboxylic acids is 1. The Morgan fingerprint density at radius 2 is 1.58 bits per heavy atom. The normalized spacial score (nSPS) is 9.79. The minimum Gasteiger partial charge on any atom is -0.465 e. The van der Waals surface area contributed by atoms with Gasteiger partial charge in [-0.1, -0.05) is 13.8 Å². The van der Waals surface area contributed by atoms with Gasteiger partial charge in [-0.15, -0.1) is 0 Å². The van der Waals surface area contributed by atoms with Crippen molar-refractivity contribution >= 4 is 17.0 Å². The minimum absolute atomic E-state index is 0.127. The molecule has 0 amide bonds. The zero-order valence-electron chi connectivity index (χ0n) is 11.7. The summed E-state index contributed by atoms with van der Waals surface area (Å²) in [5.41, 5.74) is 2.27. The van der Waals surface area contributed by atoms with Crippen molar-refractivity contribution in [3.8, 4) is 0 Å². The second-order valence-electron chi connectivity index (χ2n) is 3.71. The van der Waals surface area contributed by atoms with Gasteiger partial charge >= 0.3 is 5.97 Å². The molecule has 0 unspecified atom stereocenters. The molecule has 1 aromatic carbocycles. The van der Waals surface area contributed by atoms with E-state index in [1.54, 1.807) is 6.92 Å². The molecule has 19 heavy (non-hydrogen) atoms. The predicted octanol–water partition coefficient (Wildman–Crippen LogP) is 3.20. The van der Waals surface area contributed by atoms with Crippen molar-refractivity contribution in [2.24, 2.45) is 0 Å². The lowest BCUT2D eigenvalue weighted by Crippen LogP contribution is -2.05. The molecule has 0 aliphatic carbocycles. The van der Waals surface area contributed by atoms with Crippen LogP contribution in [0.1, 0.15) is 35.6 Å². The fourth-order valence-electron chi connectivity index (χ4n) is 1.52. The first-order valence-corrected chi connectivity index (χ1v) is 6.05. The highest BCUT2D eigenvalue weighted by Crippen LogP contribution is 2.18. The van der Waals surface area contributed by atoms with Crippen LogP contribution in [0, 0.1) is 19.7 Å². The molecule has 2 aromatic rings. The fourth-order valence-corrected chi connectivity index (χ4v) is 1.52. The SMILES string of the molecule is CC.COC(=O)c1cc2nc(C)c(C)nc2cc1F. The van der Waals surface area contributed by atoms with E-state index in [9.17, 15) is 9.18 Å². The Hall–Kier alpha value is -2.04. The van der Waals surface area contributed by atoms with Crippen LogP contribution in [-0.2, 0) is 4.74 Å². The van der Waals surface area contributed by atoms with Gasteiger partial charge in [0.15, 0.2) is 0 Å². The number of ether oxygens (including phenoxy) is 1. The van der Waals surface area contributed by atoms with E-state index in [-0.39, 0.29) is 5.56 Å². The summed E-state index contributed by atoms with van der Waals surface area (Å²) in [4.78, 5) is 19.8. The summed E-state index contributed by atoms with van der Waals surface area (Å²) in [7, 11) is 1.21. The third-order valence-electron chi connectivity index (χ3n) is 2.57. The number of hydrogen-bond acceptors (Lipinski definition) is 4. The van der Waals surface area contributed by atoms with Gasteiger partial charge in [-0.2, -0.15) is 0 Å². The van der Waals surface area contributed by atoms with Crippen molar-refractivity contribution in [2.45, 2.75) is 27.7 Å². The lowest BCUT2D eigenvalue weighted by molar-refractivity contribution is 0.0595. The zero-order chi connectivity index (χ0) is 14.6. The van der Waals surface area contributed by atoms with Crippen molar-refractivity contribution in [3.63, 3.8) is 0 Å². The van der Waals surface area contributed by atoms with E-state index in [1.807, 2.05) is 20.8 Å². The Morgan fingerprint density at radius 3 is 2.05 bits per heavy atom. The lowest BCUT2D eigenvalue weighted by atomic mass is 10.1. The third-order valence-corrected chi connectivity index (χ3v) is 2.57. The average Bonchev–Trinajstić information content (AvgIpc) is 2.41. The van der Waals surface area contributed by atoms with Gasteiger partial charge in [-0.05, 0) is 19.9 Å². The predicted molar refractivity (Wildman–Crippen MR) is 71.7 cm³/mol. The molecule has 0 fully saturated rings. The molecule has 4 nitrogen and oxygen atoms in total. The Labute approximate surface area is 111 Å². The first-order valence-electron chi connectivity index (χ1n) is 6.05. The Morgan fingerprint density at radius 1 is 1.11 bits per heavy atom. The number of halogens is 1. The van der Waals surface area contributed by atoms with Gasteiger partial charge < -0.3 is 4.74 Å². The molecule has 0 atom stereocenters. The van der Waals surface area contributed by atoms with Crippen molar-refractivity contribution in [1.29, 1.82) is 0 Å². The number of aromatic nitrogens is 2. The number of nitrogens with zero attached hydrogens (tertiary/aromatic N) is 2. The Balaban J connectivity index is 0.000000861. The number of fused-ring (bicyclic) bond motifs is 1. The number of aryl methyl sites for hydroxylation is 2. The maximum Gasteiger partial charge on any atom is 0.340 e. The standard InChI is InChI=1S/C12H11FN2O2.C2H6/c1-6-7(2)15-11-5-9(13)8(12(16)17-3)4-10(11)14-6;1-2/h4-5H,1-3H3;1-2H3. The molecule has 0 N–H and O–H groups in total. The monoisotopic (exact) mass is 264 g/mol. The van der Waals surface area contributed by atoms with Crippen molar-refractivity contribution in [2.75, 3.05) is 7.11 Å². The number of methoxy groups -OCH3 is 1. The van der Waals surface area contributed by atoms with Crippen LogP contribution in [0.4, 0.5) is 4.39 Å². The summed E-state index contributed by atoms with van der Waals surface area (Å²) in [6.45, 7) is 7.61. The second-order valence-corrected chi connectivity index (χ2v) is 3.71. The molecule has 0 aliphatic rings. The number of benzene rings is 1. The van der Waals surface area contributed by atoms with Crippen LogP contribution in [0.15, 0.2) is 12.1 Å². The summed E-state index contributed by atoms with van der Waals surface area (Å²) in [6, 6.07) is 2.55. The summed E-state index contributed by atoms with van der Waals surface area (Å²) < 4.78 is 18.1. The van der Waals surface area contributed by atoms with Gasteiger partial charge in [0.1, 0.15) is 5.82 Å². The minimum atomic E-state index is -0.718. The van der Waals surface area contributed by atoms with E-state index in [0.717, 1.165) is 11.4 Å². The molecular weight excluding hydrogens is 247 g/mol. The topological polar surface area (TPSA) is 52.1 Å². The van der Waals surface area contributed by atoms with Crippen molar-refractivity contribution in [1.82, 2.24) is 9.97 Å². The lowest BCUT2D eigenvalue weighted by Gasteiger charge is -2.05. The van der Waals surface area contributed by atoms with Gasteiger partial charge in [-0.3, -0.25) is 0 Å². The van der Waals surface area contributed by atoms with Crippen molar-refractivity contribution < 1.29 is 13.9 Å². The van der Waals surface area contributed by atoms with E-state index < -0.39 is 11.8 Å². The maximum atomic E-state index is 13.6. The molecule has 0 radical (unpaired) electrons. The van der Waals surface area contributed by atoms with Crippen LogP contribution in [-0.4, -0.2) is 23.0 Å². The number of hydrogen-bond donors (Lipinski definition) is 0.